The summed E-state index contributed by atoms with van der Waals surface area (Å²) in [5, 5.41) is 0. The molecule has 0 radical (unpaired) electrons. The van der Waals surface area contributed by atoms with E-state index in [0.29, 0.717) is 6.79 Å². The Labute approximate surface area is 111 Å². The molecule has 0 aromatic heterocycles. The zero-order chi connectivity index (χ0) is 12.3. The minimum Gasteiger partial charge on any atom is -0.468 e. The number of thioether (sulfide) groups is 2. The smallest absolute Gasteiger partial charge is 0.188 e. The van der Waals surface area contributed by atoms with Crippen LogP contribution >= 0.6 is 23.5 Å². The summed E-state index contributed by atoms with van der Waals surface area (Å²) >= 11 is 4.03. The van der Waals surface area contributed by atoms with Crippen molar-refractivity contribution in [3.63, 3.8) is 0 Å². The molecule has 17 heavy (non-hydrogen) atoms. The van der Waals surface area contributed by atoms with Gasteiger partial charge in [0.2, 0.25) is 0 Å². The second kappa shape index (κ2) is 5.55. The molecule has 1 heterocycles. The van der Waals surface area contributed by atoms with Gasteiger partial charge in [0.15, 0.2) is 6.79 Å². The molecule has 0 aliphatic carbocycles. The Balaban J connectivity index is 2.24. The van der Waals surface area contributed by atoms with Crippen molar-refractivity contribution < 1.29 is 9.47 Å². The lowest BCUT2D eigenvalue weighted by Gasteiger charge is -2.23. The first kappa shape index (κ1) is 13.1. The van der Waals surface area contributed by atoms with E-state index < -0.39 is 0 Å². The monoisotopic (exact) mass is 270 g/mol. The zero-order valence-electron chi connectivity index (χ0n) is 10.5. The van der Waals surface area contributed by atoms with E-state index in [1.807, 2.05) is 23.5 Å². The number of methoxy groups -OCH3 is 1. The van der Waals surface area contributed by atoms with E-state index in [0.717, 1.165) is 5.75 Å². The molecule has 1 saturated heterocycles. The Kier molecular flexibility index (Phi) is 4.28. The minimum absolute atomic E-state index is 0.178. The molecule has 0 bridgehead atoms. The SMILES string of the molecule is COCOc1cc(C)cc(C2(C)SCCS2)c1. The van der Waals surface area contributed by atoms with E-state index in [4.69, 9.17) is 9.47 Å². The van der Waals surface area contributed by atoms with E-state index in [2.05, 4.69) is 32.0 Å². The molecule has 4 heteroatoms. The standard InChI is InChI=1S/C13H18O2S2/c1-10-6-11(13(2)16-4-5-17-13)8-12(7-10)15-9-14-3/h6-8H,4-5,9H2,1-3H3. The number of aryl methyl sites for hydroxylation is 1. The second-order valence-corrected chi connectivity index (χ2v) is 7.51. The molecule has 1 aromatic rings. The molecule has 1 aromatic carbocycles. The zero-order valence-corrected chi connectivity index (χ0v) is 12.1. The molecule has 0 spiro atoms. The van der Waals surface area contributed by atoms with Crippen molar-refractivity contribution >= 4 is 23.5 Å². The number of hydrogen-bond acceptors (Lipinski definition) is 4. The van der Waals surface area contributed by atoms with Gasteiger partial charge in [-0.15, -0.1) is 23.5 Å². The maximum atomic E-state index is 5.54. The van der Waals surface area contributed by atoms with Gasteiger partial charge in [0.1, 0.15) is 5.75 Å². The van der Waals surface area contributed by atoms with Crippen LogP contribution in [0.15, 0.2) is 18.2 Å². The van der Waals surface area contributed by atoms with Crippen LogP contribution in [0.2, 0.25) is 0 Å². The van der Waals surface area contributed by atoms with Crippen LogP contribution in [0.4, 0.5) is 0 Å². The van der Waals surface area contributed by atoms with Gasteiger partial charge in [-0.25, -0.2) is 0 Å². The molecule has 2 rings (SSSR count). The lowest BCUT2D eigenvalue weighted by molar-refractivity contribution is 0.0510. The van der Waals surface area contributed by atoms with E-state index in [9.17, 15) is 0 Å². The summed E-state index contributed by atoms with van der Waals surface area (Å²) in [6.07, 6.45) is 0. The first-order valence-electron chi connectivity index (χ1n) is 5.66. The Bertz CT molecular complexity index is 387. The predicted molar refractivity (Wildman–Crippen MR) is 76.0 cm³/mol. The molecule has 2 nitrogen and oxygen atoms in total. The molecule has 1 fully saturated rings. The van der Waals surface area contributed by atoms with Gasteiger partial charge in [-0.1, -0.05) is 6.07 Å². The van der Waals surface area contributed by atoms with Crippen molar-refractivity contribution in [2.24, 2.45) is 0 Å². The third-order valence-electron chi connectivity index (χ3n) is 2.76. The minimum atomic E-state index is 0.178. The first-order valence-corrected chi connectivity index (χ1v) is 7.63. The van der Waals surface area contributed by atoms with Gasteiger partial charge in [0, 0.05) is 18.6 Å². The van der Waals surface area contributed by atoms with Gasteiger partial charge in [-0.3, -0.25) is 0 Å². The molecule has 94 valence electrons. The molecule has 0 unspecified atom stereocenters. The molecule has 0 N–H and O–H groups in total. The normalized spacial score (nSPS) is 18.3. The van der Waals surface area contributed by atoms with Crippen molar-refractivity contribution in [1.82, 2.24) is 0 Å². The number of ether oxygens (including phenoxy) is 2. The van der Waals surface area contributed by atoms with Crippen molar-refractivity contribution in [2.45, 2.75) is 17.9 Å². The van der Waals surface area contributed by atoms with Crippen LogP contribution in [0, 0.1) is 6.92 Å². The number of benzene rings is 1. The fraction of sp³-hybridized carbons (Fsp3) is 0.538. The fourth-order valence-electron chi connectivity index (χ4n) is 1.90. The predicted octanol–water partition coefficient (Wildman–Crippen LogP) is 3.63. The summed E-state index contributed by atoms with van der Waals surface area (Å²) in [6.45, 7) is 4.71. The molecule has 0 atom stereocenters. The van der Waals surface area contributed by atoms with Crippen LogP contribution in [0.1, 0.15) is 18.1 Å². The molecular formula is C13H18O2S2. The maximum Gasteiger partial charge on any atom is 0.188 e. The summed E-state index contributed by atoms with van der Waals surface area (Å²) < 4.78 is 10.7. The quantitative estimate of drug-likeness (QED) is 0.777. The van der Waals surface area contributed by atoms with Gasteiger partial charge in [-0.2, -0.15) is 0 Å². The number of hydrogen-bond donors (Lipinski definition) is 0. The van der Waals surface area contributed by atoms with Crippen LogP contribution in [-0.4, -0.2) is 25.4 Å². The Morgan fingerprint density at radius 3 is 2.59 bits per heavy atom. The van der Waals surface area contributed by atoms with Gasteiger partial charge >= 0.3 is 0 Å². The third-order valence-corrected chi connectivity index (χ3v) is 6.11. The topological polar surface area (TPSA) is 18.5 Å². The summed E-state index contributed by atoms with van der Waals surface area (Å²) in [7, 11) is 1.64. The van der Waals surface area contributed by atoms with Gasteiger partial charge in [0.05, 0.1) is 4.08 Å². The van der Waals surface area contributed by atoms with Crippen LogP contribution < -0.4 is 4.74 Å². The summed E-state index contributed by atoms with van der Waals surface area (Å²) in [4.78, 5) is 0. The van der Waals surface area contributed by atoms with E-state index in [1.165, 1.54) is 22.6 Å². The van der Waals surface area contributed by atoms with Crippen molar-refractivity contribution in [2.75, 3.05) is 25.4 Å². The first-order chi connectivity index (χ1) is 8.14. The lowest BCUT2D eigenvalue weighted by Crippen LogP contribution is -2.09. The van der Waals surface area contributed by atoms with Crippen molar-refractivity contribution in [1.29, 1.82) is 0 Å². The molecule has 0 saturated carbocycles. The summed E-state index contributed by atoms with van der Waals surface area (Å²) in [5.41, 5.74) is 2.58. The lowest BCUT2D eigenvalue weighted by atomic mass is 10.1. The van der Waals surface area contributed by atoms with E-state index in [-0.39, 0.29) is 4.08 Å². The van der Waals surface area contributed by atoms with Crippen molar-refractivity contribution in [3.8, 4) is 5.75 Å². The summed E-state index contributed by atoms with van der Waals surface area (Å²) in [5.74, 6) is 3.35. The highest BCUT2D eigenvalue weighted by Gasteiger charge is 2.32. The fourth-order valence-corrected chi connectivity index (χ4v) is 4.75. The van der Waals surface area contributed by atoms with Gasteiger partial charge in [0.25, 0.3) is 0 Å². The average molecular weight is 270 g/mol. The molecular weight excluding hydrogens is 252 g/mol. The van der Waals surface area contributed by atoms with Crippen molar-refractivity contribution in [3.05, 3.63) is 29.3 Å². The van der Waals surface area contributed by atoms with E-state index in [1.54, 1.807) is 7.11 Å². The average Bonchev–Trinajstić information content (AvgIpc) is 2.74. The highest BCUT2D eigenvalue weighted by molar-refractivity contribution is 8.20. The van der Waals surface area contributed by atoms with E-state index >= 15 is 0 Å². The van der Waals surface area contributed by atoms with Gasteiger partial charge in [-0.05, 0) is 37.1 Å². The molecule has 0 amide bonds. The number of rotatable bonds is 4. The summed E-state index contributed by atoms with van der Waals surface area (Å²) in [6, 6.07) is 6.44. The maximum absolute atomic E-state index is 5.54. The van der Waals surface area contributed by atoms with Crippen LogP contribution in [0.5, 0.6) is 5.75 Å². The highest BCUT2D eigenvalue weighted by atomic mass is 32.2. The second-order valence-electron chi connectivity index (χ2n) is 4.23. The van der Waals surface area contributed by atoms with Crippen LogP contribution in [0.3, 0.4) is 0 Å². The largest absolute Gasteiger partial charge is 0.468 e. The Hall–Kier alpha value is -0.320. The molecule has 1 aliphatic rings. The van der Waals surface area contributed by atoms with Crippen LogP contribution in [0.25, 0.3) is 0 Å². The highest BCUT2D eigenvalue weighted by Crippen LogP contribution is 2.52. The Morgan fingerprint density at radius 2 is 1.94 bits per heavy atom. The Morgan fingerprint density at radius 1 is 1.24 bits per heavy atom. The molecule has 1 aliphatic heterocycles. The van der Waals surface area contributed by atoms with Crippen LogP contribution in [-0.2, 0) is 8.82 Å². The third kappa shape index (κ3) is 3.12. The van der Waals surface area contributed by atoms with Gasteiger partial charge < -0.3 is 9.47 Å².